The SMILES string of the molecule is C#[N+]C(N)CCCC. The van der Waals surface area contributed by atoms with Crippen molar-refractivity contribution in [2.24, 2.45) is 5.73 Å². The van der Waals surface area contributed by atoms with Gasteiger partial charge in [-0.25, -0.2) is 0 Å². The third kappa shape index (κ3) is 3.63. The molecule has 0 aliphatic heterocycles. The minimum absolute atomic E-state index is 0.144. The molecule has 0 rings (SSSR count). The van der Waals surface area contributed by atoms with Gasteiger partial charge in [-0.15, -0.1) is 0 Å². The van der Waals surface area contributed by atoms with Crippen molar-refractivity contribution >= 4 is 0 Å². The highest BCUT2D eigenvalue weighted by atomic mass is 14.9. The lowest BCUT2D eigenvalue weighted by Crippen LogP contribution is -2.13. The molecule has 2 N–H and O–H groups in total. The number of nitrogens with two attached hydrogens (primary N) is 1. The highest BCUT2D eigenvalue weighted by Crippen LogP contribution is 1.97. The smallest absolute Gasteiger partial charge is 0.257 e. The first-order valence-corrected chi connectivity index (χ1v) is 2.97. The Kier molecular flexibility index (Phi) is 4.29. The molecule has 0 saturated heterocycles. The average Bonchev–Trinajstić information content (AvgIpc) is 1.83. The molecule has 0 spiro atoms. The molecule has 2 heteroatoms. The molecule has 0 aliphatic carbocycles. The molecule has 1 unspecified atom stereocenters. The maximum Gasteiger partial charge on any atom is 0.323 e. The fraction of sp³-hybridized carbons (Fsp3) is 0.833. The molecule has 8 heavy (non-hydrogen) atoms. The largest absolute Gasteiger partial charge is 0.323 e. The Morgan fingerprint density at radius 1 is 1.75 bits per heavy atom. The van der Waals surface area contributed by atoms with Crippen LogP contribution in [0.2, 0.25) is 0 Å². The summed E-state index contributed by atoms with van der Waals surface area (Å²) in [6.07, 6.45) is 3.04. The lowest BCUT2D eigenvalue weighted by molar-refractivity contribution is 0.653. The normalized spacial score (nSPS) is 12.6. The van der Waals surface area contributed by atoms with Crippen molar-refractivity contribution in [1.29, 1.82) is 0 Å². The predicted molar refractivity (Wildman–Crippen MR) is 35.8 cm³/mol. The Balaban J connectivity index is 3.02. The predicted octanol–water partition coefficient (Wildman–Crippen LogP) is 1.42. The van der Waals surface area contributed by atoms with Gasteiger partial charge in [0.2, 0.25) is 0 Å². The van der Waals surface area contributed by atoms with Crippen molar-refractivity contribution < 1.29 is 0 Å². The maximum absolute atomic E-state index is 5.37. The summed E-state index contributed by atoms with van der Waals surface area (Å²) in [5, 5.41) is 0. The molecule has 0 aromatic carbocycles. The van der Waals surface area contributed by atoms with E-state index in [1.165, 1.54) is 0 Å². The van der Waals surface area contributed by atoms with Crippen LogP contribution in [-0.4, -0.2) is 6.17 Å². The van der Waals surface area contributed by atoms with Gasteiger partial charge in [-0.2, -0.15) is 0 Å². The minimum Gasteiger partial charge on any atom is -0.257 e. The summed E-state index contributed by atoms with van der Waals surface area (Å²) in [7, 11) is 0. The zero-order chi connectivity index (χ0) is 6.41. The van der Waals surface area contributed by atoms with Crippen LogP contribution in [-0.2, 0) is 0 Å². The van der Waals surface area contributed by atoms with Gasteiger partial charge in [-0.05, 0) is 6.42 Å². The molecular formula is C6H13N2+. The maximum atomic E-state index is 5.37. The number of nitrogens with zero attached hydrogens (tertiary/aromatic N) is 1. The highest BCUT2D eigenvalue weighted by molar-refractivity contribution is 4.75. The van der Waals surface area contributed by atoms with Gasteiger partial charge >= 0.3 is 6.17 Å². The van der Waals surface area contributed by atoms with Crippen LogP contribution in [0.1, 0.15) is 26.2 Å². The quantitative estimate of drug-likeness (QED) is 0.589. The molecule has 0 amide bonds. The third-order valence-corrected chi connectivity index (χ3v) is 1.04. The Bertz CT molecular complexity index is 83.0. The minimum atomic E-state index is -0.144. The molecule has 0 heterocycles. The summed E-state index contributed by atoms with van der Waals surface area (Å²) >= 11 is 0. The van der Waals surface area contributed by atoms with Crippen LogP contribution in [0.3, 0.4) is 0 Å². The summed E-state index contributed by atoms with van der Waals surface area (Å²) in [4.78, 5) is 3.40. The van der Waals surface area contributed by atoms with Crippen molar-refractivity contribution in [3.8, 4) is 6.57 Å². The first kappa shape index (κ1) is 7.45. The summed E-state index contributed by atoms with van der Waals surface area (Å²) in [5.74, 6) is 0. The van der Waals surface area contributed by atoms with Crippen LogP contribution >= 0.6 is 0 Å². The Hall–Kier alpha value is -0.550. The molecule has 0 fully saturated rings. The van der Waals surface area contributed by atoms with Gasteiger partial charge in [-0.3, -0.25) is 5.73 Å². The first-order valence-electron chi connectivity index (χ1n) is 2.97. The van der Waals surface area contributed by atoms with Crippen LogP contribution in [0.25, 0.3) is 4.85 Å². The zero-order valence-electron chi connectivity index (χ0n) is 5.30. The number of rotatable bonds is 3. The van der Waals surface area contributed by atoms with E-state index in [1.807, 2.05) is 0 Å². The van der Waals surface area contributed by atoms with Crippen molar-refractivity contribution in [1.82, 2.24) is 0 Å². The van der Waals surface area contributed by atoms with E-state index >= 15 is 0 Å². The van der Waals surface area contributed by atoms with Gasteiger partial charge in [-0.1, -0.05) is 18.2 Å². The summed E-state index contributed by atoms with van der Waals surface area (Å²) in [6.45, 7) is 7.03. The number of hydrogen-bond acceptors (Lipinski definition) is 1. The molecule has 0 radical (unpaired) electrons. The standard InChI is InChI=1S/C6H13N2/c1-3-4-5-6(7)8-2/h2,6H,3-5,7H2,1H3/q+1. The Labute approximate surface area is 50.5 Å². The van der Waals surface area contributed by atoms with Gasteiger partial charge in [0.1, 0.15) is 0 Å². The number of unbranched alkanes of at least 4 members (excludes halogenated alkanes) is 1. The summed E-state index contributed by atoms with van der Waals surface area (Å²) in [6, 6.07) is 0. The second kappa shape index (κ2) is 4.61. The molecule has 0 saturated carbocycles. The summed E-state index contributed by atoms with van der Waals surface area (Å²) < 4.78 is 0. The van der Waals surface area contributed by atoms with Crippen LogP contribution in [0.15, 0.2) is 0 Å². The Morgan fingerprint density at radius 2 is 2.38 bits per heavy atom. The molecule has 0 aromatic rings. The van der Waals surface area contributed by atoms with Crippen molar-refractivity contribution in [3.05, 3.63) is 4.85 Å². The highest BCUT2D eigenvalue weighted by Gasteiger charge is 2.04. The summed E-state index contributed by atoms with van der Waals surface area (Å²) in [5.41, 5.74) is 5.37. The number of hydrogen-bond donors (Lipinski definition) is 1. The Morgan fingerprint density at radius 3 is 2.75 bits per heavy atom. The third-order valence-electron chi connectivity index (χ3n) is 1.04. The molecule has 2 nitrogen and oxygen atoms in total. The lowest BCUT2D eigenvalue weighted by Gasteiger charge is -1.89. The van der Waals surface area contributed by atoms with Gasteiger partial charge in [0.25, 0.3) is 6.57 Å². The van der Waals surface area contributed by atoms with Gasteiger partial charge in [0.05, 0.1) is 0 Å². The second-order valence-electron chi connectivity index (χ2n) is 1.86. The fourth-order valence-corrected chi connectivity index (χ4v) is 0.488. The monoisotopic (exact) mass is 113 g/mol. The van der Waals surface area contributed by atoms with Crippen molar-refractivity contribution in [2.75, 3.05) is 0 Å². The lowest BCUT2D eigenvalue weighted by atomic mass is 10.2. The fourth-order valence-electron chi connectivity index (χ4n) is 0.488. The molecule has 0 aromatic heterocycles. The molecule has 46 valence electrons. The van der Waals surface area contributed by atoms with E-state index in [2.05, 4.69) is 11.8 Å². The van der Waals surface area contributed by atoms with E-state index in [9.17, 15) is 0 Å². The molecule has 1 atom stereocenters. The van der Waals surface area contributed by atoms with E-state index in [0.29, 0.717) is 0 Å². The zero-order valence-corrected chi connectivity index (χ0v) is 5.30. The van der Waals surface area contributed by atoms with Gasteiger partial charge in [0, 0.05) is 6.42 Å². The molecular weight excluding hydrogens is 100 g/mol. The van der Waals surface area contributed by atoms with E-state index < -0.39 is 0 Å². The average molecular weight is 113 g/mol. The first-order chi connectivity index (χ1) is 3.81. The van der Waals surface area contributed by atoms with E-state index in [-0.39, 0.29) is 6.17 Å². The van der Waals surface area contributed by atoms with Crippen LogP contribution in [0.5, 0.6) is 0 Å². The van der Waals surface area contributed by atoms with Crippen molar-refractivity contribution in [2.45, 2.75) is 32.4 Å². The van der Waals surface area contributed by atoms with Gasteiger partial charge in [0.15, 0.2) is 0 Å². The van der Waals surface area contributed by atoms with E-state index in [0.717, 1.165) is 19.3 Å². The second-order valence-corrected chi connectivity index (χ2v) is 1.86. The van der Waals surface area contributed by atoms with Crippen molar-refractivity contribution in [3.63, 3.8) is 0 Å². The molecule has 0 aliphatic rings. The molecule has 0 bridgehead atoms. The van der Waals surface area contributed by atoms with Crippen LogP contribution < -0.4 is 5.73 Å². The topological polar surface area (TPSA) is 30.4 Å². The van der Waals surface area contributed by atoms with Crippen LogP contribution in [0, 0.1) is 6.57 Å². The van der Waals surface area contributed by atoms with E-state index in [4.69, 9.17) is 12.3 Å². The van der Waals surface area contributed by atoms with Crippen LogP contribution in [0.4, 0.5) is 0 Å². The van der Waals surface area contributed by atoms with Gasteiger partial charge < -0.3 is 0 Å². The van der Waals surface area contributed by atoms with E-state index in [1.54, 1.807) is 0 Å².